The number of hydrogen-bond donors (Lipinski definition) is 0. The first kappa shape index (κ1) is 10.2. The smallest absolute Gasteiger partial charge is 0.157 e. The van der Waals surface area contributed by atoms with E-state index in [2.05, 4.69) is 13.0 Å². The highest BCUT2D eigenvalue weighted by atomic mass is 16.6. The molecule has 0 spiro atoms. The predicted molar refractivity (Wildman–Crippen MR) is 53.3 cm³/mol. The van der Waals surface area contributed by atoms with Gasteiger partial charge < -0.3 is 9.47 Å². The molecule has 0 radical (unpaired) electrons. The summed E-state index contributed by atoms with van der Waals surface area (Å²) in [4.78, 5) is 0. The van der Waals surface area contributed by atoms with Crippen LogP contribution in [-0.2, 0) is 9.47 Å². The van der Waals surface area contributed by atoms with Gasteiger partial charge >= 0.3 is 0 Å². The van der Waals surface area contributed by atoms with E-state index < -0.39 is 0 Å². The first-order valence-corrected chi connectivity index (χ1v) is 5.02. The molecular formula is C11H18O2. The molecule has 0 amide bonds. The van der Waals surface area contributed by atoms with E-state index in [4.69, 9.17) is 9.47 Å². The molecule has 0 unspecified atom stereocenters. The summed E-state index contributed by atoms with van der Waals surface area (Å²) in [7, 11) is 0. The molecule has 74 valence electrons. The van der Waals surface area contributed by atoms with E-state index in [1.54, 1.807) is 0 Å². The first-order chi connectivity index (χ1) is 6.36. The van der Waals surface area contributed by atoms with E-state index in [0.717, 1.165) is 24.4 Å². The van der Waals surface area contributed by atoms with Crippen molar-refractivity contribution in [2.24, 2.45) is 0 Å². The van der Waals surface area contributed by atoms with E-state index in [0.29, 0.717) is 13.2 Å². The molecule has 2 heteroatoms. The van der Waals surface area contributed by atoms with Gasteiger partial charge in [0.2, 0.25) is 0 Å². The third kappa shape index (κ3) is 2.51. The van der Waals surface area contributed by atoms with E-state index in [1.165, 1.54) is 5.57 Å². The van der Waals surface area contributed by atoms with Crippen LogP contribution in [0.15, 0.2) is 23.2 Å². The lowest BCUT2D eigenvalue weighted by Crippen LogP contribution is -2.15. The van der Waals surface area contributed by atoms with Crippen LogP contribution in [0.4, 0.5) is 0 Å². The molecule has 1 aliphatic heterocycles. The van der Waals surface area contributed by atoms with E-state index in [1.807, 2.05) is 13.8 Å². The van der Waals surface area contributed by atoms with Crippen molar-refractivity contribution in [3.05, 3.63) is 23.2 Å². The van der Waals surface area contributed by atoms with Crippen LogP contribution in [0.25, 0.3) is 0 Å². The van der Waals surface area contributed by atoms with Gasteiger partial charge in [-0.1, -0.05) is 19.4 Å². The topological polar surface area (TPSA) is 18.5 Å². The molecule has 2 aliphatic rings. The lowest BCUT2D eigenvalue weighted by Gasteiger charge is -2.23. The second kappa shape index (κ2) is 4.95. The van der Waals surface area contributed by atoms with Crippen LogP contribution in [0.1, 0.15) is 33.6 Å². The van der Waals surface area contributed by atoms with Crippen molar-refractivity contribution in [2.75, 3.05) is 13.2 Å². The summed E-state index contributed by atoms with van der Waals surface area (Å²) in [5.41, 5.74) is 1.38. The monoisotopic (exact) mass is 182 g/mol. The Hall–Kier alpha value is -0.920. The van der Waals surface area contributed by atoms with Crippen LogP contribution in [0.3, 0.4) is 0 Å². The van der Waals surface area contributed by atoms with Crippen LogP contribution in [0.5, 0.6) is 0 Å². The fraction of sp³-hybridized carbons (Fsp3) is 0.636. The van der Waals surface area contributed by atoms with Gasteiger partial charge in [0, 0.05) is 6.42 Å². The molecule has 2 nitrogen and oxygen atoms in total. The van der Waals surface area contributed by atoms with Crippen molar-refractivity contribution in [2.45, 2.75) is 33.6 Å². The molecule has 0 atom stereocenters. The third-order valence-electron chi connectivity index (χ3n) is 2.02. The molecule has 2 rings (SSSR count). The minimum atomic E-state index is 0.697. The molecule has 0 bridgehead atoms. The molecule has 0 saturated carbocycles. The minimum Gasteiger partial charge on any atom is -0.491 e. The summed E-state index contributed by atoms with van der Waals surface area (Å²) in [6, 6.07) is 0. The summed E-state index contributed by atoms with van der Waals surface area (Å²) in [6.45, 7) is 7.54. The number of allylic oxidation sites excluding steroid dienone is 3. The van der Waals surface area contributed by atoms with Crippen molar-refractivity contribution >= 4 is 0 Å². The van der Waals surface area contributed by atoms with Crippen molar-refractivity contribution in [3.8, 4) is 0 Å². The maximum absolute atomic E-state index is 5.44. The number of ether oxygens (including phenoxy) is 2. The van der Waals surface area contributed by atoms with Gasteiger partial charge in [0.1, 0.15) is 19.0 Å². The Morgan fingerprint density at radius 3 is 2.54 bits per heavy atom. The molecule has 1 aliphatic carbocycles. The Morgan fingerprint density at radius 2 is 1.77 bits per heavy atom. The molecular weight excluding hydrogens is 164 g/mol. The quantitative estimate of drug-likeness (QED) is 0.573. The van der Waals surface area contributed by atoms with Crippen LogP contribution in [0.2, 0.25) is 0 Å². The average Bonchev–Trinajstić information content (AvgIpc) is 2.21. The van der Waals surface area contributed by atoms with Crippen molar-refractivity contribution in [1.82, 2.24) is 0 Å². The second-order valence-electron chi connectivity index (χ2n) is 2.98. The van der Waals surface area contributed by atoms with E-state index in [-0.39, 0.29) is 0 Å². The number of rotatable bonds is 0. The second-order valence-corrected chi connectivity index (χ2v) is 2.98. The molecule has 0 aromatic heterocycles. The Labute approximate surface area is 80.2 Å². The van der Waals surface area contributed by atoms with Gasteiger partial charge in [-0.3, -0.25) is 0 Å². The van der Waals surface area contributed by atoms with Gasteiger partial charge in [-0.2, -0.15) is 0 Å². The van der Waals surface area contributed by atoms with Crippen molar-refractivity contribution in [1.29, 1.82) is 0 Å². The molecule has 0 aromatic carbocycles. The SMILES string of the molecule is CC.CC1=CC2=C(CC1)OCCO2. The van der Waals surface area contributed by atoms with Crippen LogP contribution in [-0.4, -0.2) is 13.2 Å². The molecule has 1 heterocycles. The number of hydrogen-bond acceptors (Lipinski definition) is 2. The Balaban J connectivity index is 0.000000396. The van der Waals surface area contributed by atoms with Crippen LogP contribution < -0.4 is 0 Å². The lowest BCUT2D eigenvalue weighted by molar-refractivity contribution is 0.0625. The molecule has 13 heavy (non-hydrogen) atoms. The Kier molecular flexibility index (Phi) is 3.87. The zero-order chi connectivity index (χ0) is 9.68. The fourth-order valence-electron chi connectivity index (χ4n) is 1.39. The summed E-state index contributed by atoms with van der Waals surface area (Å²) in [6.07, 6.45) is 4.21. The Bertz CT molecular complexity index is 226. The van der Waals surface area contributed by atoms with Crippen molar-refractivity contribution < 1.29 is 9.47 Å². The minimum absolute atomic E-state index is 0.697. The van der Waals surface area contributed by atoms with Crippen molar-refractivity contribution in [3.63, 3.8) is 0 Å². The maximum atomic E-state index is 5.44. The molecule has 0 N–H and O–H groups in total. The highest BCUT2D eigenvalue weighted by molar-refractivity contribution is 5.26. The van der Waals surface area contributed by atoms with Gasteiger partial charge in [0.05, 0.1) is 0 Å². The lowest BCUT2D eigenvalue weighted by atomic mass is 10.0. The van der Waals surface area contributed by atoms with E-state index in [9.17, 15) is 0 Å². The normalized spacial score (nSPS) is 20.1. The van der Waals surface area contributed by atoms with Crippen LogP contribution in [0, 0.1) is 0 Å². The highest BCUT2D eigenvalue weighted by Crippen LogP contribution is 2.27. The molecule has 0 aromatic rings. The highest BCUT2D eigenvalue weighted by Gasteiger charge is 2.17. The van der Waals surface area contributed by atoms with Gasteiger partial charge in [-0.05, 0) is 19.4 Å². The maximum Gasteiger partial charge on any atom is 0.157 e. The summed E-state index contributed by atoms with van der Waals surface area (Å²) < 4.78 is 10.9. The van der Waals surface area contributed by atoms with E-state index >= 15 is 0 Å². The zero-order valence-electron chi connectivity index (χ0n) is 8.72. The zero-order valence-corrected chi connectivity index (χ0v) is 8.72. The third-order valence-corrected chi connectivity index (χ3v) is 2.02. The van der Waals surface area contributed by atoms with Gasteiger partial charge in [0.25, 0.3) is 0 Å². The summed E-state index contributed by atoms with van der Waals surface area (Å²) in [5.74, 6) is 2.00. The fourth-order valence-corrected chi connectivity index (χ4v) is 1.39. The predicted octanol–water partition coefficient (Wildman–Crippen LogP) is 3.01. The van der Waals surface area contributed by atoms with Crippen LogP contribution >= 0.6 is 0 Å². The largest absolute Gasteiger partial charge is 0.491 e. The van der Waals surface area contributed by atoms with Gasteiger partial charge in [-0.15, -0.1) is 0 Å². The standard InChI is InChI=1S/C9H12O2.C2H6/c1-7-2-3-8-9(6-7)11-5-4-10-8;1-2/h6H,2-5H2,1H3;1-2H3. The average molecular weight is 182 g/mol. The molecule has 0 saturated heterocycles. The van der Waals surface area contributed by atoms with Gasteiger partial charge in [-0.25, -0.2) is 0 Å². The molecule has 0 fully saturated rings. The summed E-state index contributed by atoms with van der Waals surface area (Å²) >= 11 is 0. The Morgan fingerprint density at radius 1 is 1.08 bits per heavy atom. The first-order valence-electron chi connectivity index (χ1n) is 5.02. The van der Waals surface area contributed by atoms with Gasteiger partial charge in [0.15, 0.2) is 5.76 Å². The summed E-state index contributed by atoms with van der Waals surface area (Å²) in [5, 5.41) is 0.